The molecule has 1 saturated heterocycles. The molecular formula is C32H31ClN4O2. The van der Waals surface area contributed by atoms with Crippen LogP contribution in [0.1, 0.15) is 17.5 Å². The van der Waals surface area contributed by atoms with Crippen molar-refractivity contribution in [3.63, 3.8) is 0 Å². The van der Waals surface area contributed by atoms with Crippen molar-refractivity contribution in [3.8, 4) is 0 Å². The van der Waals surface area contributed by atoms with Crippen molar-refractivity contribution in [1.29, 1.82) is 0 Å². The van der Waals surface area contributed by atoms with Crippen molar-refractivity contribution in [2.24, 2.45) is 0 Å². The lowest BCUT2D eigenvalue weighted by atomic mass is 9.92. The number of aryl methyl sites for hydroxylation is 1. The lowest BCUT2D eigenvalue weighted by molar-refractivity contribution is -0.125. The maximum absolute atomic E-state index is 13.1. The van der Waals surface area contributed by atoms with Crippen LogP contribution in [0, 0.1) is 6.92 Å². The van der Waals surface area contributed by atoms with Crippen molar-refractivity contribution in [2.45, 2.75) is 25.4 Å². The van der Waals surface area contributed by atoms with Crippen LogP contribution in [-0.4, -0.2) is 37.1 Å². The van der Waals surface area contributed by atoms with E-state index in [0.717, 1.165) is 39.7 Å². The van der Waals surface area contributed by atoms with E-state index >= 15 is 0 Å². The van der Waals surface area contributed by atoms with Crippen LogP contribution in [0.2, 0.25) is 5.02 Å². The number of β-lactam (4-membered cyclic amide) rings is 1. The fourth-order valence-corrected chi connectivity index (χ4v) is 4.93. The smallest absolute Gasteiger partial charge is 0.315 e. The van der Waals surface area contributed by atoms with Crippen LogP contribution in [0.15, 0.2) is 97.1 Å². The van der Waals surface area contributed by atoms with E-state index in [0.29, 0.717) is 18.1 Å². The number of carbonyl (C=O) groups is 2. The third-order valence-electron chi connectivity index (χ3n) is 6.82. The molecule has 0 aliphatic carbocycles. The molecule has 3 amide bonds. The summed E-state index contributed by atoms with van der Waals surface area (Å²) in [7, 11) is 0. The van der Waals surface area contributed by atoms with Crippen LogP contribution in [-0.2, 0) is 4.79 Å². The molecule has 0 bridgehead atoms. The number of fused-ring (bicyclic) bond motifs is 1. The number of urea groups is 1. The summed E-state index contributed by atoms with van der Waals surface area (Å²) in [6, 6.07) is 28.4. The minimum Gasteiger partial charge on any atom is -0.384 e. The van der Waals surface area contributed by atoms with E-state index in [-0.39, 0.29) is 18.0 Å². The van der Waals surface area contributed by atoms with E-state index < -0.39 is 6.04 Å². The van der Waals surface area contributed by atoms with Gasteiger partial charge >= 0.3 is 6.03 Å². The fourth-order valence-electron chi connectivity index (χ4n) is 4.75. The van der Waals surface area contributed by atoms with Crippen molar-refractivity contribution >= 4 is 51.8 Å². The zero-order valence-electron chi connectivity index (χ0n) is 21.7. The number of carbonyl (C=O) groups excluding carboxylic acids is 2. The summed E-state index contributed by atoms with van der Waals surface area (Å²) in [5, 5.41) is 12.1. The van der Waals surface area contributed by atoms with Gasteiger partial charge in [-0.3, -0.25) is 4.79 Å². The first-order chi connectivity index (χ1) is 19.0. The number of hydrogen-bond acceptors (Lipinski definition) is 3. The van der Waals surface area contributed by atoms with Gasteiger partial charge in [0.25, 0.3) is 5.91 Å². The van der Waals surface area contributed by atoms with Gasteiger partial charge in [-0.25, -0.2) is 4.79 Å². The zero-order valence-corrected chi connectivity index (χ0v) is 22.5. The predicted molar refractivity (Wildman–Crippen MR) is 160 cm³/mol. The van der Waals surface area contributed by atoms with Crippen LogP contribution in [0.4, 0.5) is 16.2 Å². The number of amides is 3. The monoisotopic (exact) mass is 538 g/mol. The summed E-state index contributed by atoms with van der Waals surface area (Å²) in [6.07, 6.45) is 4.68. The summed E-state index contributed by atoms with van der Waals surface area (Å²) >= 11 is 6.11. The number of hydrogen-bond donors (Lipinski definition) is 3. The molecule has 0 aromatic heterocycles. The average Bonchev–Trinajstić information content (AvgIpc) is 2.95. The molecule has 6 nitrogen and oxygen atoms in total. The third kappa shape index (κ3) is 6.24. The molecule has 5 rings (SSSR count). The van der Waals surface area contributed by atoms with Gasteiger partial charge < -0.3 is 20.9 Å². The Morgan fingerprint density at radius 3 is 2.54 bits per heavy atom. The van der Waals surface area contributed by atoms with Crippen molar-refractivity contribution in [2.75, 3.05) is 23.3 Å². The first-order valence-electron chi connectivity index (χ1n) is 13.1. The molecule has 1 aliphatic heterocycles. The number of benzene rings is 4. The van der Waals surface area contributed by atoms with Gasteiger partial charge in [0.15, 0.2) is 0 Å². The van der Waals surface area contributed by atoms with Crippen LogP contribution in [0.25, 0.3) is 16.8 Å². The van der Waals surface area contributed by atoms with Gasteiger partial charge in [0.05, 0.1) is 6.04 Å². The summed E-state index contributed by atoms with van der Waals surface area (Å²) in [5.74, 6) is -0.130. The highest BCUT2D eigenvalue weighted by molar-refractivity contribution is 6.31. The SMILES string of the molecule is Cc1ccc(N2C(=O)[C@H](NC(=O)NCCCNc3cccc4cc(Cl)ccc34)[C@@H]2/C=C/c2ccccc2)cc1. The van der Waals surface area contributed by atoms with Crippen molar-refractivity contribution in [3.05, 3.63) is 113 Å². The maximum Gasteiger partial charge on any atom is 0.315 e. The van der Waals surface area contributed by atoms with Gasteiger partial charge in [-0.15, -0.1) is 0 Å². The van der Waals surface area contributed by atoms with Gasteiger partial charge in [0, 0.05) is 34.9 Å². The Morgan fingerprint density at radius 2 is 1.74 bits per heavy atom. The van der Waals surface area contributed by atoms with Crippen molar-refractivity contribution in [1.82, 2.24) is 10.6 Å². The number of rotatable bonds is 9. The van der Waals surface area contributed by atoms with Gasteiger partial charge in [0.2, 0.25) is 0 Å². The van der Waals surface area contributed by atoms with E-state index in [9.17, 15) is 9.59 Å². The summed E-state index contributed by atoms with van der Waals surface area (Å²) in [6.45, 7) is 3.17. The van der Waals surface area contributed by atoms with E-state index in [1.165, 1.54) is 0 Å². The van der Waals surface area contributed by atoms with Crippen LogP contribution in [0.3, 0.4) is 0 Å². The minimum atomic E-state index is -0.633. The number of anilines is 2. The Morgan fingerprint density at radius 1 is 0.949 bits per heavy atom. The number of halogens is 1. The Balaban J connectivity index is 1.16. The zero-order chi connectivity index (χ0) is 27.2. The highest BCUT2D eigenvalue weighted by atomic mass is 35.5. The Labute approximate surface area is 233 Å². The molecule has 1 aliphatic rings. The lowest BCUT2D eigenvalue weighted by Crippen LogP contribution is -2.71. The molecule has 7 heteroatoms. The molecule has 0 radical (unpaired) electrons. The molecular weight excluding hydrogens is 508 g/mol. The molecule has 0 unspecified atom stereocenters. The van der Waals surface area contributed by atoms with Crippen LogP contribution >= 0.6 is 11.6 Å². The quantitative estimate of drug-likeness (QED) is 0.170. The Bertz CT molecular complexity index is 1490. The van der Waals surface area contributed by atoms with Gasteiger partial charge in [0.1, 0.15) is 6.04 Å². The number of nitrogens with zero attached hydrogens (tertiary/aromatic N) is 1. The first-order valence-corrected chi connectivity index (χ1v) is 13.5. The molecule has 1 heterocycles. The third-order valence-corrected chi connectivity index (χ3v) is 7.06. The molecule has 4 aromatic rings. The largest absolute Gasteiger partial charge is 0.384 e. The molecule has 2 atom stereocenters. The standard InChI is InChI=1S/C32H31ClN4O2/c1-22-11-15-26(16-12-22)37-29(18-13-23-7-3-2-4-8-23)30(31(37)38)36-32(39)35-20-6-19-34-28-10-5-9-24-21-25(33)14-17-27(24)28/h2-5,7-18,21,29-30,34H,6,19-20H2,1H3,(H2,35,36,39)/b18-13+/t29-,30+/m0/s1. The van der Waals surface area contributed by atoms with Gasteiger partial charge in [-0.2, -0.15) is 0 Å². The Kier molecular flexibility index (Phi) is 8.13. The molecule has 1 fully saturated rings. The highest BCUT2D eigenvalue weighted by Gasteiger charge is 2.47. The van der Waals surface area contributed by atoms with E-state index in [1.807, 2.05) is 110 Å². The highest BCUT2D eigenvalue weighted by Crippen LogP contribution is 2.30. The van der Waals surface area contributed by atoms with Crippen molar-refractivity contribution < 1.29 is 9.59 Å². The van der Waals surface area contributed by atoms with E-state index in [2.05, 4.69) is 16.0 Å². The first kappa shape index (κ1) is 26.3. The second kappa shape index (κ2) is 12.0. The number of nitrogens with one attached hydrogen (secondary N) is 3. The lowest BCUT2D eigenvalue weighted by Gasteiger charge is -2.45. The average molecular weight is 539 g/mol. The minimum absolute atomic E-state index is 0.130. The van der Waals surface area contributed by atoms with Crippen LogP contribution in [0.5, 0.6) is 0 Å². The molecule has 0 saturated carbocycles. The summed E-state index contributed by atoms with van der Waals surface area (Å²) < 4.78 is 0. The molecule has 39 heavy (non-hydrogen) atoms. The molecule has 3 N–H and O–H groups in total. The van der Waals surface area contributed by atoms with E-state index in [1.54, 1.807) is 4.90 Å². The normalized spacial score (nSPS) is 16.8. The Hall–Kier alpha value is -4.29. The van der Waals surface area contributed by atoms with E-state index in [4.69, 9.17) is 11.6 Å². The predicted octanol–water partition coefficient (Wildman–Crippen LogP) is 6.40. The summed E-state index contributed by atoms with van der Waals surface area (Å²) in [4.78, 5) is 27.5. The second-order valence-corrected chi connectivity index (χ2v) is 10.1. The van der Waals surface area contributed by atoms with Crippen LogP contribution < -0.4 is 20.9 Å². The molecule has 4 aromatic carbocycles. The summed E-state index contributed by atoms with van der Waals surface area (Å²) in [5.41, 5.74) is 3.99. The maximum atomic E-state index is 13.1. The van der Waals surface area contributed by atoms with Gasteiger partial charge in [-0.1, -0.05) is 90.0 Å². The molecule has 0 spiro atoms. The fraction of sp³-hybridized carbons (Fsp3) is 0.188. The topological polar surface area (TPSA) is 73.5 Å². The molecule has 198 valence electrons. The second-order valence-electron chi connectivity index (χ2n) is 9.63. The van der Waals surface area contributed by atoms with Gasteiger partial charge in [-0.05, 0) is 54.6 Å².